The summed E-state index contributed by atoms with van der Waals surface area (Å²) in [5.74, 6) is 0.290. The Morgan fingerprint density at radius 1 is 1.12 bits per heavy atom. The summed E-state index contributed by atoms with van der Waals surface area (Å²) < 4.78 is 5.69. The maximum atomic E-state index is 13.6. The SMILES string of the molecule is Cc1cccc(CCN(C(=O)Cc2cccs2)[C@@H](C(=O)NC2CCCCC2)c2ccco2)c1. The Morgan fingerprint density at radius 3 is 2.67 bits per heavy atom. The van der Waals surface area contributed by atoms with E-state index in [0.29, 0.717) is 18.7 Å². The van der Waals surface area contributed by atoms with Gasteiger partial charge in [-0.25, -0.2) is 0 Å². The van der Waals surface area contributed by atoms with E-state index in [1.165, 1.54) is 12.0 Å². The second kappa shape index (κ2) is 11.3. The second-order valence-electron chi connectivity index (χ2n) is 8.84. The van der Waals surface area contributed by atoms with Gasteiger partial charge >= 0.3 is 0 Å². The van der Waals surface area contributed by atoms with Crippen LogP contribution >= 0.6 is 11.3 Å². The molecule has 3 aromatic rings. The second-order valence-corrected chi connectivity index (χ2v) is 9.88. The summed E-state index contributed by atoms with van der Waals surface area (Å²) in [6.07, 6.45) is 7.97. The van der Waals surface area contributed by atoms with Gasteiger partial charge in [0.1, 0.15) is 5.76 Å². The lowest BCUT2D eigenvalue weighted by molar-refractivity contribution is -0.141. The number of furan rings is 1. The van der Waals surface area contributed by atoms with Gasteiger partial charge in [-0.3, -0.25) is 9.59 Å². The van der Waals surface area contributed by atoms with E-state index >= 15 is 0 Å². The first-order valence-electron chi connectivity index (χ1n) is 11.8. The van der Waals surface area contributed by atoms with E-state index < -0.39 is 6.04 Å². The first kappa shape index (κ1) is 23.3. The third-order valence-corrected chi connectivity index (χ3v) is 7.15. The van der Waals surface area contributed by atoms with Crippen molar-refractivity contribution in [1.29, 1.82) is 0 Å². The molecule has 2 heterocycles. The molecule has 0 spiro atoms. The molecule has 174 valence electrons. The molecular weight excluding hydrogens is 432 g/mol. The van der Waals surface area contributed by atoms with Gasteiger partial charge < -0.3 is 14.6 Å². The van der Waals surface area contributed by atoms with Gasteiger partial charge in [-0.15, -0.1) is 11.3 Å². The van der Waals surface area contributed by atoms with Gasteiger partial charge in [0, 0.05) is 17.5 Å². The van der Waals surface area contributed by atoms with E-state index in [1.54, 1.807) is 34.6 Å². The van der Waals surface area contributed by atoms with E-state index in [9.17, 15) is 9.59 Å². The molecule has 4 rings (SSSR count). The van der Waals surface area contributed by atoms with Gasteiger partial charge in [0.15, 0.2) is 6.04 Å². The Bertz CT molecular complexity index is 1020. The largest absolute Gasteiger partial charge is 0.467 e. The Morgan fingerprint density at radius 2 is 1.97 bits per heavy atom. The predicted molar refractivity (Wildman–Crippen MR) is 131 cm³/mol. The molecule has 1 aliphatic carbocycles. The number of nitrogens with zero attached hydrogens (tertiary/aromatic N) is 1. The van der Waals surface area contributed by atoms with Crippen LogP contribution in [0.15, 0.2) is 64.6 Å². The Labute approximate surface area is 199 Å². The standard InChI is InChI=1S/C27H32N2O3S/c1-20-8-5-9-21(18-20)14-15-29(25(30)19-23-12-7-17-33-23)26(24-13-6-16-32-24)27(31)28-22-10-3-2-4-11-22/h5-9,12-13,16-18,22,26H,2-4,10-11,14-15,19H2,1H3,(H,28,31)/t26-/m1/s1. The molecule has 2 amide bonds. The minimum Gasteiger partial charge on any atom is -0.467 e. The Kier molecular flexibility index (Phi) is 8.00. The van der Waals surface area contributed by atoms with Gasteiger partial charge in [0.25, 0.3) is 5.91 Å². The zero-order valence-corrected chi connectivity index (χ0v) is 20.0. The highest BCUT2D eigenvalue weighted by molar-refractivity contribution is 7.10. The van der Waals surface area contributed by atoms with Crippen LogP contribution in [0.5, 0.6) is 0 Å². The molecule has 5 nitrogen and oxygen atoms in total. The molecule has 1 aromatic carbocycles. The van der Waals surface area contributed by atoms with Gasteiger partial charge in [-0.2, -0.15) is 0 Å². The van der Waals surface area contributed by atoms with Crippen LogP contribution in [0.3, 0.4) is 0 Å². The van der Waals surface area contributed by atoms with Crippen molar-refractivity contribution in [2.45, 2.75) is 64.0 Å². The number of carbonyl (C=O) groups is 2. The quantitative estimate of drug-likeness (QED) is 0.458. The first-order chi connectivity index (χ1) is 16.1. The number of hydrogen-bond acceptors (Lipinski definition) is 4. The smallest absolute Gasteiger partial charge is 0.250 e. The maximum absolute atomic E-state index is 13.6. The summed E-state index contributed by atoms with van der Waals surface area (Å²) in [5.41, 5.74) is 2.33. The normalized spacial score (nSPS) is 15.2. The highest BCUT2D eigenvalue weighted by Crippen LogP contribution is 2.26. The van der Waals surface area contributed by atoms with Crippen LogP contribution in [0, 0.1) is 6.92 Å². The lowest BCUT2D eigenvalue weighted by atomic mass is 9.95. The van der Waals surface area contributed by atoms with Gasteiger partial charge in [0.2, 0.25) is 5.91 Å². The number of amides is 2. The van der Waals surface area contributed by atoms with Gasteiger partial charge in [-0.05, 0) is 55.3 Å². The predicted octanol–water partition coefficient (Wildman–Crippen LogP) is 5.45. The molecule has 0 unspecified atom stereocenters. The number of benzene rings is 1. The Hall–Kier alpha value is -2.86. The lowest BCUT2D eigenvalue weighted by Gasteiger charge is -2.32. The highest BCUT2D eigenvalue weighted by atomic mass is 32.1. The average molecular weight is 465 g/mol. The van der Waals surface area contributed by atoms with Crippen molar-refractivity contribution in [3.8, 4) is 0 Å². The molecule has 1 saturated carbocycles. The topological polar surface area (TPSA) is 62.6 Å². The third-order valence-electron chi connectivity index (χ3n) is 6.27. The molecule has 0 bridgehead atoms. The molecule has 0 aliphatic heterocycles. The van der Waals surface area contributed by atoms with Crippen LogP contribution in [0.1, 0.15) is 59.9 Å². The summed E-state index contributed by atoms with van der Waals surface area (Å²) in [6, 6.07) is 15.2. The van der Waals surface area contributed by atoms with E-state index in [1.807, 2.05) is 23.6 Å². The minimum atomic E-state index is -0.779. The van der Waals surface area contributed by atoms with Gasteiger partial charge in [-0.1, -0.05) is 55.2 Å². The van der Waals surface area contributed by atoms with Crippen molar-refractivity contribution < 1.29 is 14.0 Å². The van der Waals surface area contributed by atoms with Crippen LogP contribution in [0.4, 0.5) is 0 Å². The van der Waals surface area contributed by atoms with Crippen LogP contribution < -0.4 is 5.32 Å². The summed E-state index contributed by atoms with van der Waals surface area (Å²) in [7, 11) is 0. The summed E-state index contributed by atoms with van der Waals surface area (Å²) in [4.78, 5) is 29.8. The molecule has 0 radical (unpaired) electrons. The zero-order chi connectivity index (χ0) is 23.0. The van der Waals surface area contributed by atoms with Crippen LogP contribution in [-0.4, -0.2) is 29.3 Å². The third kappa shape index (κ3) is 6.35. The molecule has 1 atom stereocenters. The van der Waals surface area contributed by atoms with Crippen LogP contribution in [0.25, 0.3) is 0 Å². The maximum Gasteiger partial charge on any atom is 0.250 e. The molecular formula is C27H32N2O3S. The van der Waals surface area contributed by atoms with Crippen molar-refractivity contribution >= 4 is 23.2 Å². The number of hydrogen-bond donors (Lipinski definition) is 1. The number of nitrogens with one attached hydrogen (secondary N) is 1. The number of thiophene rings is 1. The van der Waals surface area contributed by atoms with Crippen molar-refractivity contribution in [1.82, 2.24) is 10.2 Å². The van der Waals surface area contributed by atoms with Crippen LogP contribution in [-0.2, 0) is 22.4 Å². The first-order valence-corrected chi connectivity index (χ1v) is 12.7. The summed E-state index contributed by atoms with van der Waals surface area (Å²) >= 11 is 1.56. The average Bonchev–Trinajstić information content (AvgIpc) is 3.52. The summed E-state index contributed by atoms with van der Waals surface area (Å²) in [5, 5.41) is 5.19. The Balaban J connectivity index is 1.59. The number of carbonyl (C=O) groups excluding carboxylic acids is 2. The van der Waals surface area contributed by atoms with E-state index in [0.717, 1.165) is 36.1 Å². The van der Waals surface area contributed by atoms with Crippen molar-refractivity contribution in [3.63, 3.8) is 0 Å². The van der Waals surface area contributed by atoms with Crippen molar-refractivity contribution in [2.75, 3.05) is 6.54 Å². The van der Waals surface area contributed by atoms with Crippen molar-refractivity contribution in [3.05, 3.63) is 81.9 Å². The summed E-state index contributed by atoms with van der Waals surface area (Å²) in [6.45, 7) is 2.50. The number of rotatable bonds is 9. The monoisotopic (exact) mass is 464 g/mol. The van der Waals surface area contributed by atoms with Gasteiger partial charge in [0.05, 0.1) is 12.7 Å². The van der Waals surface area contributed by atoms with E-state index in [2.05, 4.69) is 30.4 Å². The molecule has 2 aromatic heterocycles. The fourth-order valence-electron chi connectivity index (χ4n) is 4.58. The zero-order valence-electron chi connectivity index (χ0n) is 19.2. The fourth-order valence-corrected chi connectivity index (χ4v) is 5.27. The molecule has 1 fully saturated rings. The molecule has 33 heavy (non-hydrogen) atoms. The highest BCUT2D eigenvalue weighted by Gasteiger charge is 2.34. The van der Waals surface area contributed by atoms with Crippen LogP contribution in [0.2, 0.25) is 0 Å². The molecule has 0 saturated heterocycles. The molecule has 6 heteroatoms. The lowest BCUT2D eigenvalue weighted by Crippen LogP contribution is -2.48. The molecule has 1 N–H and O–H groups in total. The minimum absolute atomic E-state index is 0.0645. The fraction of sp³-hybridized carbons (Fsp3) is 0.407. The van der Waals surface area contributed by atoms with Crippen molar-refractivity contribution in [2.24, 2.45) is 0 Å². The van der Waals surface area contributed by atoms with E-state index in [4.69, 9.17) is 4.42 Å². The molecule has 1 aliphatic rings. The number of aryl methyl sites for hydroxylation is 1. The van der Waals surface area contributed by atoms with E-state index in [-0.39, 0.29) is 24.3 Å².